The molecule has 7 nitrogen and oxygen atoms in total. The Labute approximate surface area is 244 Å². The van der Waals surface area contributed by atoms with Crippen molar-refractivity contribution in [2.45, 2.75) is 58.3 Å². The molecule has 3 aromatic rings. The van der Waals surface area contributed by atoms with Crippen molar-refractivity contribution in [2.75, 3.05) is 25.6 Å². The van der Waals surface area contributed by atoms with Gasteiger partial charge in [-0.2, -0.15) is 0 Å². The van der Waals surface area contributed by atoms with Crippen LogP contribution in [0.3, 0.4) is 0 Å². The fraction of sp³-hybridized carbons (Fsp3) is 0.375. The van der Waals surface area contributed by atoms with Gasteiger partial charge in [0.25, 0.3) is 6.43 Å². The third kappa shape index (κ3) is 8.33. The zero-order valence-corrected chi connectivity index (χ0v) is 24.5. The van der Waals surface area contributed by atoms with Crippen molar-refractivity contribution in [2.24, 2.45) is 5.73 Å². The number of halogens is 3. The molecule has 0 aliphatic carbocycles. The highest BCUT2D eigenvalue weighted by atomic mass is 19.3. The number of fused-ring (bicyclic) bond motifs is 1. The number of anilines is 1. The number of carbonyl (C=O) groups excluding carboxylic acids is 1. The summed E-state index contributed by atoms with van der Waals surface area (Å²) < 4.78 is 48.9. The number of benzene rings is 2. The lowest BCUT2D eigenvalue weighted by Gasteiger charge is -2.25. The summed E-state index contributed by atoms with van der Waals surface area (Å²) in [5.74, 6) is -1.32. The van der Waals surface area contributed by atoms with Gasteiger partial charge in [0.15, 0.2) is 5.43 Å². The van der Waals surface area contributed by atoms with Crippen molar-refractivity contribution >= 4 is 22.5 Å². The summed E-state index contributed by atoms with van der Waals surface area (Å²) in [5, 5.41) is 3.48. The molecule has 3 rings (SSSR count). The third-order valence-electron chi connectivity index (χ3n) is 7.13. The number of ether oxygens (including phenoxy) is 1. The molecule has 0 saturated heterocycles. The van der Waals surface area contributed by atoms with Crippen molar-refractivity contribution in [3.05, 3.63) is 99.6 Å². The van der Waals surface area contributed by atoms with Gasteiger partial charge in [-0.25, -0.2) is 13.2 Å². The molecule has 0 radical (unpaired) electrons. The van der Waals surface area contributed by atoms with Crippen molar-refractivity contribution in [3.8, 4) is 0 Å². The molecule has 42 heavy (non-hydrogen) atoms. The van der Waals surface area contributed by atoms with Crippen LogP contribution < -0.4 is 21.4 Å². The third-order valence-corrected chi connectivity index (χ3v) is 7.13. The summed E-state index contributed by atoms with van der Waals surface area (Å²) in [7, 11) is 3.10. The number of nitrogens with two attached hydrogens (primary N) is 1. The number of methoxy groups -OCH3 is 1. The summed E-state index contributed by atoms with van der Waals surface area (Å²) in [4.78, 5) is 26.6. The Morgan fingerprint density at radius 1 is 1.24 bits per heavy atom. The van der Waals surface area contributed by atoms with Crippen LogP contribution in [0.25, 0.3) is 10.9 Å². The van der Waals surface area contributed by atoms with E-state index in [1.54, 1.807) is 30.0 Å². The summed E-state index contributed by atoms with van der Waals surface area (Å²) >= 11 is 0. The lowest BCUT2D eigenvalue weighted by molar-refractivity contribution is -0.116. The highest BCUT2D eigenvalue weighted by molar-refractivity contribution is 5.86. The Morgan fingerprint density at radius 3 is 2.52 bits per heavy atom. The number of likely N-dealkylation sites (N-methyl/N-ethyl adjacent to an activating group) is 1. The quantitative estimate of drug-likeness (QED) is 0.170. The number of alkyl halides is 2. The normalized spacial score (nSPS) is 13.1. The summed E-state index contributed by atoms with van der Waals surface area (Å²) in [6.07, 6.45) is 4.96. The Morgan fingerprint density at radius 2 is 1.93 bits per heavy atom. The van der Waals surface area contributed by atoms with Gasteiger partial charge < -0.3 is 19.9 Å². The van der Waals surface area contributed by atoms with Crippen LogP contribution in [0.2, 0.25) is 0 Å². The molecule has 2 aromatic carbocycles. The number of amides is 1. The molecule has 0 fully saturated rings. The zero-order valence-electron chi connectivity index (χ0n) is 24.5. The molecule has 0 aliphatic heterocycles. The van der Waals surface area contributed by atoms with Gasteiger partial charge >= 0.3 is 0 Å². The maximum Gasteiger partial charge on any atom is 0.263 e. The lowest BCUT2D eigenvalue weighted by Crippen LogP contribution is -2.36. The minimum Gasteiger partial charge on any atom is -0.368 e. The fourth-order valence-electron chi connectivity index (χ4n) is 4.84. The number of allylic oxidation sites excluding steroid dienone is 2. The number of hydrogen-bond donors (Lipinski definition) is 2. The molecule has 0 bridgehead atoms. The van der Waals surface area contributed by atoms with E-state index in [0.717, 1.165) is 24.5 Å². The molecule has 1 amide bonds. The van der Waals surface area contributed by atoms with E-state index in [1.807, 2.05) is 19.9 Å². The van der Waals surface area contributed by atoms with E-state index in [1.165, 1.54) is 30.1 Å². The minimum absolute atomic E-state index is 0.0947. The van der Waals surface area contributed by atoms with Crippen LogP contribution in [0.4, 0.5) is 18.9 Å². The van der Waals surface area contributed by atoms with Crippen molar-refractivity contribution < 1.29 is 22.7 Å². The molecular formula is C32H39F3N4O3. The molecule has 1 aromatic heterocycles. The Bertz CT molecular complexity index is 1490. The maximum absolute atomic E-state index is 15.3. The van der Waals surface area contributed by atoms with Gasteiger partial charge in [-0.3, -0.25) is 14.9 Å². The number of hydrogen-bond acceptors (Lipinski definition) is 5. The van der Waals surface area contributed by atoms with Crippen LogP contribution in [0.5, 0.6) is 0 Å². The van der Waals surface area contributed by atoms with Gasteiger partial charge in [-0.15, -0.1) is 0 Å². The number of rotatable bonds is 15. The SMILES string of the molecule is C=C(CC/C=C\C)CC(NC(C)c1cn(Cc2ccc(C(F)F)cc2)c2cc(N(C)CC(N)=O)c(F)cc2c1=O)OC. The first-order valence-electron chi connectivity index (χ1n) is 13.7. The van der Waals surface area contributed by atoms with E-state index in [9.17, 15) is 18.4 Å². The van der Waals surface area contributed by atoms with Gasteiger partial charge in [-0.1, -0.05) is 48.6 Å². The lowest BCUT2D eigenvalue weighted by atomic mass is 10.0. The van der Waals surface area contributed by atoms with Gasteiger partial charge in [-0.05, 0) is 44.4 Å². The molecule has 2 unspecified atom stereocenters. The van der Waals surface area contributed by atoms with Crippen molar-refractivity contribution in [1.29, 1.82) is 0 Å². The van der Waals surface area contributed by atoms with Crippen molar-refractivity contribution in [1.82, 2.24) is 9.88 Å². The second-order valence-corrected chi connectivity index (χ2v) is 10.4. The minimum atomic E-state index is -2.59. The zero-order chi connectivity index (χ0) is 31.0. The number of pyridine rings is 1. The molecule has 0 aliphatic rings. The van der Waals surface area contributed by atoms with Crippen LogP contribution >= 0.6 is 0 Å². The van der Waals surface area contributed by atoms with Gasteiger partial charge in [0, 0.05) is 55.9 Å². The van der Waals surface area contributed by atoms with E-state index >= 15 is 4.39 Å². The molecular weight excluding hydrogens is 545 g/mol. The fourth-order valence-corrected chi connectivity index (χ4v) is 4.84. The van der Waals surface area contributed by atoms with Gasteiger partial charge in [0.2, 0.25) is 5.91 Å². The average molecular weight is 585 g/mol. The first-order valence-corrected chi connectivity index (χ1v) is 13.7. The van der Waals surface area contributed by atoms with Crippen LogP contribution in [-0.2, 0) is 16.1 Å². The predicted molar refractivity (Wildman–Crippen MR) is 161 cm³/mol. The summed E-state index contributed by atoms with van der Waals surface area (Å²) in [5.41, 5.74) is 7.45. The first kappa shape index (κ1) is 32.6. The summed E-state index contributed by atoms with van der Waals surface area (Å²) in [6.45, 7) is 7.93. The highest BCUT2D eigenvalue weighted by Crippen LogP contribution is 2.27. The molecule has 1 heterocycles. The number of primary amides is 1. The van der Waals surface area contributed by atoms with Gasteiger partial charge in [0.05, 0.1) is 17.7 Å². The first-order chi connectivity index (χ1) is 19.9. The van der Waals surface area contributed by atoms with E-state index < -0.39 is 30.4 Å². The number of carbonyl (C=O) groups is 1. The number of aromatic nitrogens is 1. The van der Waals surface area contributed by atoms with Gasteiger partial charge in [0.1, 0.15) is 12.0 Å². The second-order valence-electron chi connectivity index (χ2n) is 10.4. The van der Waals surface area contributed by atoms with Crippen LogP contribution in [0.1, 0.15) is 62.3 Å². The van der Waals surface area contributed by atoms with E-state index in [4.69, 9.17) is 10.5 Å². The molecule has 10 heteroatoms. The van der Waals surface area contributed by atoms with E-state index in [2.05, 4.69) is 18.0 Å². The monoisotopic (exact) mass is 584 g/mol. The second kappa shape index (κ2) is 14.8. The molecule has 3 N–H and O–H groups in total. The Kier molecular flexibility index (Phi) is 11.5. The number of nitrogens with one attached hydrogen (secondary N) is 1. The largest absolute Gasteiger partial charge is 0.368 e. The smallest absolute Gasteiger partial charge is 0.263 e. The Balaban J connectivity index is 2.05. The highest BCUT2D eigenvalue weighted by Gasteiger charge is 2.21. The van der Waals surface area contributed by atoms with Crippen molar-refractivity contribution in [3.63, 3.8) is 0 Å². The predicted octanol–water partition coefficient (Wildman–Crippen LogP) is 5.97. The molecule has 0 spiro atoms. The molecule has 226 valence electrons. The van der Waals surface area contributed by atoms with E-state index in [0.29, 0.717) is 23.1 Å². The average Bonchev–Trinajstić information content (AvgIpc) is 2.93. The van der Waals surface area contributed by atoms with Crippen LogP contribution in [0.15, 0.2) is 71.7 Å². The number of nitrogens with zero attached hydrogens (tertiary/aromatic N) is 2. The van der Waals surface area contributed by atoms with Crippen LogP contribution in [0, 0.1) is 5.82 Å². The standard InChI is InChI=1S/C32H39F3N4O3/c1-6-7-8-9-20(2)14-30(42-5)37-21(3)25-18-39(17-22-10-12-23(13-11-22)32(34)35)27-16-28(38(4)19-29(36)40)26(33)15-24(27)31(25)41/h6-7,10-13,15-16,18,21,30,32,37H,2,8-9,14,17,19H2,1,3-5H3,(H2,36,40)/b7-6-. The Hall–Kier alpha value is -3.89. The topological polar surface area (TPSA) is 89.6 Å². The summed E-state index contributed by atoms with van der Waals surface area (Å²) in [6, 6.07) is 8.07. The molecule has 0 saturated carbocycles. The van der Waals surface area contributed by atoms with Crippen LogP contribution in [-0.4, -0.2) is 37.4 Å². The maximum atomic E-state index is 15.3. The molecule has 2 atom stereocenters. The van der Waals surface area contributed by atoms with E-state index in [-0.39, 0.29) is 35.2 Å².